The highest BCUT2D eigenvalue weighted by Crippen LogP contribution is 2.26. The van der Waals surface area contributed by atoms with E-state index >= 15 is 0 Å². The fourth-order valence-electron chi connectivity index (χ4n) is 1.21. The van der Waals surface area contributed by atoms with E-state index in [4.69, 9.17) is 0 Å². The Hall–Kier alpha value is -2.04. The Bertz CT molecular complexity index is 459. The number of rotatable bonds is 3. The summed E-state index contributed by atoms with van der Waals surface area (Å²) in [5, 5.41) is 0. The van der Waals surface area contributed by atoms with Crippen molar-refractivity contribution in [1.29, 1.82) is 0 Å². The van der Waals surface area contributed by atoms with Crippen LogP contribution in [0.4, 0.5) is 13.2 Å². The second-order valence-electron chi connectivity index (χ2n) is 3.34. The summed E-state index contributed by atoms with van der Waals surface area (Å²) in [6.07, 6.45) is -1.41. The molecule has 18 heavy (non-hydrogen) atoms. The number of hydrogen-bond donors (Lipinski definition) is 0. The molecule has 5 heteroatoms. The largest absolute Gasteiger partial charge is 0.465 e. The van der Waals surface area contributed by atoms with Crippen LogP contribution in [0, 0.1) is 0 Å². The van der Waals surface area contributed by atoms with Gasteiger partial charge in [0.1, 0.15) is 5.57 Å². The fourth-order valence-corrected chi connectivity index (χ4v) is 1.21. The van der Waals surface area contributed by atoms with Crippen LogP contribution >= 0.6 is 0 Å². The maximum atomic E-state index is 12.5. The summed E-state index contributed by atoms with van der Waals surface area (Å²) in [6.45, 7) is 0. The topological polar surface area (TPSA) is 26.3 Å². The van der Waals surface area contributed by atoms with Crippen LogP contribution in [0.25, 0.3) is 6.08 Å². The van der Waals surface area contributed by atoms with E-state index < -0.39 is 17.7 Å². The van der Waals surface area contributed by atoms with Crippen LogP contribution < -0.4 is 0 Å². The molecule has 0 radical (unpaired) electrons. The molecule has 1 aromatic rings. The fraction of sp³-hybridized carbons (Fsp3) is 0.154. The van der Waals surface area contributed by atoms with Crippen molar-refractivity contribution >= 4 is 12.0 Å². The molecule has 0 spiro atoms. The summed E-state index contributed by atoms with van der Waals surface area (Å²) in [7, 11) is 0.906. The molecule has 0 saturated heterocycles. The molecule has 0 atom stereocenters. The first kappa shape index (κ1) is 14.0. The van der Waals surface area contributed by atoms with Crippen LogP contribution in [0.15, 0.2) is 48.1 Å². The zero-order valence-electron chi connectivity index (χ0n) is 9.57. The molecule has 0 unspecified atom stereocenters. The van der Waals surface area contributed by atoms with Crippen molar-refractivity contribution in [2.24, 2.45) is 0 Å². The molecule has 0 aliphatic heterocycles. The van der Waals surface area contributed by atoms with Crippen molar-refractivity contribution < 1.29 is 22.7 Å². The first-order chi connectivity index (χ1) is 8.45. The number of methoxy groups -OCH3 is 1. The molecule has 2 nitrogen and oxygen atoms in total. The minimum atomic E-state index is -4.73. The second kappa shape index (κ2) is 6.05. The van der Waals surface area contributed by atoms with Gasteiger partial charge in [0.15, 0.2) is 0 Å². The number of hydrogen-bond acceptors (Lipinski definition) is 2. The number of allylic oxidation sites excluding steroid dienone is 2. The third kappa shape index (κ3) is 4.08. The Kier molecular flexibility index (Phi) is 4.71. The molecule has 0 amide bonds. The lowest BCUT2D eigenvalue weighted by Gasteiger charge is -2.07. The first-order valence-corrected chi connectivity index (χ1v) is 5.04. The number of esters is 1. The molecule has 0 aromatic heterocycles. The molecule has 0 saturated carbocycles. The van der Waals surface area contributed by atoms with Gasteiger partial charge in [0.25, 0.3) is 0 Å². The third-order valence-electron chi connectivity index (χ3n) is 2.06. The molecule has 0 N–H and O–H groups in total. The van der Waals surface area contributed by atoms with E-state index in [1.165, 1.54) is 6.08 Å². The van der Waals surface area contributed by atoms with E-state index in [1.54, 1.807) is 30.3 Å². The lowest BCUT2D eigenvalue weighted by molar-refractivity contribution is -0.148. The smallest absolute Gasteiger partial charge is 0.423 e. The van der Waals surface area contributed by atoms with E-state index in [2.05, 4.69) is 4.74 Å². The zero-order valence-corrected chi connectivity index (χ0v) is 9.57. The van der Waals surface area contributed by atoms with Gasteiger partial charge in [-0.25, -0.2) is 4.79 Å². The predicted molar refractivity (Wildman–Crippen MR) is 61.6 cm³/mol. The standard InChI is InChI=1S/C13H11F3O2/c1-18-12(17)11(13(14,15)16)9-5-8-10-6-3-2-4-7-10/h2-9H,1H3/b8-5-,11-9-. The molecule has 0 bridgehead atoms. The molecule has 0 aliphatic rings. The molecule has 1 aromatic carbocycles. The lowest BCUT2D eigenvalue weighted by atomic mass is 10.2. The molecule has 96 valence electrons. The SMILES string of the molecule is COC(=O)/C(=C/C=C\c1ccccc1)C(F)(F)F. The Morgan fingerprint density at radius 3 is 2.33 bits per heavy atom. The van der Waals surface area contributed by atoms with Gasteiger partial charge in [0.05, 0.1) is 7.11 Å². The molecule has 0 aliphatic carbocycles. The Balaban J connectivity index is 2.91. The minimum Gasteiger partial charge on any atom is -0.465 e. The van der Waals surface area contributed by atoms with Gasteiger partial charge in [-0.1, -0.05) is 42.5 Å². The lowest BCUT2D eigenvalue weighted by Crippen LogP contribution is -2.20. The van der Waals surface area contributed by atoms with Gasteiger partial charge in [-0.2, -0.15) is 13.2 Å². The monoisotopic (exact) mass is 256 g/mol. The normalized spacial score (nSPS) is 12.8. The molecular formula is C13H11F3O2. The van der Waals surface area contributed by atoms with E-state index in [9.17, 15) is 18.0 Å². The van der Waals surface area contributed by atoms with E-state index in [0.717, 1.165) is 18.7 Å². The number of carbonyl (C=O) groups is 1. The highest BCUT2D eigenvalue weighted by Gasteiger charge is 2.38. The number of carbonyl (C=O) groups excluding carboxylic acids is 1. The van der Waals surface area contributed by atoms with Crippen LogP contribution in [0.2, 0.25) is 0 Å². The van der Waals surface area contributed by atoms with Crippen LogP contribution in [-0.2, 0) is 9.53 Å². The average molecular weight is 256 g/mol. The van der Waals surface area contributed by atoms with Gasteiger partial charge in [-0.05, 0) is 11.6 Å². The third-order valence-corrected chi connectivity index (χ3v) is 2.06. The Labute approximate surface area is 102 Å². The van der Waals surface area contributed by atoms with Crippen molar-refractivity contribution in [3.63, 3.8) is 0 Å². The van der Waals surface area contributed by atoms with Crippen LogP contribution in [0.3, 0.4) is 0 Å². The van der Waals surface area contributed by atoms with E-state index in [-0.39, 0.29) is 0 Å². The number of halogens is 3. The maximum absolute atomic E-state index is 12.5. The quantitative estimate of drug-likeness (QED) is 0.471. The van der Waals surface area contributed by atoms with Crippen molar-refractivity contribution in [3.05, 3.63) is 53.6 Å². The highest BCUT2D eigenvalue weighted by molar-refractivity contribution is 5.90. The summed E-state index contributed by atoms with van der Waals surface area (Å²) in [4.78, 5) is 11.0. The minimum absolute atomic E-state index is 0.693. The Morgan fingerprint density at radius 2 is 1.83 bits per heavy atom. The van der Waals surface area contributed by atoms with E-state index in [1.807, 2.05) is 0 Å². The second-order valence-corrected chi connectivity index (χ2v) is 3.34. The molecule has 0 heterocycles. The highest BCUT2D eigenvalue weighted by atomic mass is 19.4. The van der Waals surface area contributed by atoms with Gasteiger partial charge in [0.2, 0.25) is 0 Å². The summed E-state index contributed by atoms with van der Waals surface area (Å²) >= 11 is 0. The average Bonchev–Trinajstić information content (AvgIpc) is 2.33. The van der Waals surface area contributed by atoms with Gasteiger partial charge < -0.3 is 4.74 Å². The molecule has 1 rings (SSSR count). The summed E-state index contributed by atoms with van der Waals surface area (Å²) in [5.74, 6) is -1.40. The number of benzene rings is 1. The summed E-state index contributed by atoms with van der Waals surface area (Å²) < 4.78 is 41.5. The zero-order chi connectivity index (χ0) is 13.6. The van der Waals surface area contributed by atoms with Crippen molar-refractivity contribution in [2.75, 3.05) is 7.11 Å². The first-order valence-electron chi connectivity index (χ1n) is 5.04. The van der Waals surface area contributed by atoms with Crippen LogP contribution in [0.1, 0.15) is 5.56 Å². The van der Waals surface area contributed by atoms with Crippen molar-refractivity contribution in [1.82, 2.24) is 0 Å². The summed E-state index contributed by atoms with van der Waals surface area (Å²) in [5.41, 5.74) is -0.600. The number of alkyl halides is 3. The van der Waals surface area contributed by atoms with Crippen molar-refractivity contribution in [2.45, 2.75) is 6.18 Å². The van der Waals surface area contributed by atoms with Crippen LogP contribution in [0.5, 0.6) is 0 Å². The maximum Gasteiger partial charge on any atom is 0.423 e. The predicted octanol–water partition coefficient (Wildman–Crippen LogP) is 3.36. The summed E-state index contributed by atoms with van der Waals surface area (Å²) in [6, 6.07) is 8.77. The number of ether oxygens (including phenoxy) is 1. The van der Waals surface area contributed by atoms with Gasteiger partial charge in [-0.3, -0.25) is 0 Å². The van der Waals surface area contributed by atoms with E-state index in [0.29, 0.717) is 6.08 Å². The molecule has 0 fully saturated rings. The van der Waals surface area contributed by atoms with Gasteiger partial charge >= 0.3 is 12.1 Å². The van der Waals surface area contributed by atoms with Gasteiger partial charge in [-0.15, -0.1) is 0 Å². The molecular weight excluding hydrogens is 245 g/mol. The van der Waals surface area contributed by atoms with Crippen LogP contribution in [-0.4, -0.2) is 19.3 Å². The Morgan fingerprint density at radius 1 is 1.22 bits per heavy atom. The van der Waals surface area contributed by atoms with Crippen molar-refractivity contribution in [3.8, 4) is 0 Å². The van der Waals surface area contributed by atoms with Gasteiger partial charge in [0, 0.05) is 0 Å².